The Morgan fingerprint density at radius 2 is 2.07 bits per heavy atom. The highest BCUT2D eigenvalue weighted by molar-refractivity contribution is 7.15. The van der Waals surface area contributed by atoms with Gasteiger partial charge in [-0.1, -0.05) is 36.7 Å². The average molecular weight is 386 g/mol. The van der Waals surface area contributed by atoms with Gasteiger partial charge in [-0.3, -0.25) is 14.9 Å². The van der Waals surface area contributed by atoms with Gasteiger partial charge in [0.05, 0.1) is 5.69 Å². The number of carbonyl (C=O) groups excluding carboxylic acids is 2. The zero-order valence-corrected chi connectivity index (χ0v) is 16.2. The second-order valence-electron chi connectivity index (χ2n) is 7.32. The zero-order valence-electron chi connectivity index (χ0n) is 15.4. The van der Waals surface area contributed by atoms with Crippen LogP contribution in [0.15, 0.2) is 18.2 Å². The molecule has 1 aliphatic carbocycles. The molecule has 1 fully saturated rings. The first-order chi connectivity index (χ1) is 13.0. The normalized spacial score (nSPS) is 22.5. The smallest absolute Gasteiger partial charge is 0.280 e. The van der Waals surface area contributed by atoms with E-state index in [4.69, 9.17) is 4.74 Å². The zero-order chi connectivity index (χ0) is 19.0. The van der Waals surface area contributed by atoms with Crippen molar-refractivity contribution >= 4 is 34.0 Å². The second-order valence-corrected chi connectivity index (χ2v) is 8.33. The van der Waals surface area contributed by atoms with E-state index in [1.807, 2.05) is 19.1 Å². The first-order valence-electron chi connectivity index (χ1n) is 9.22. The highest BCUT2D eigenvalue weighted by Gasteiger charge is 2.47. The first kappa shape index (κ1) is 17.9. The minimum absolute atomic E-state index is 0.396. The predicted octanol–water partition coefficient (Wildman–Crippen LogP) is 3.62. The number of aryl methyl sites for hydroxylation is 1. The maximum absolute atomic E-state index is 12.8. The molecule has 2 aromatic rings. The van der Waals surface area contributed by atoms with Crippen molar-refractivity contribution in [3.63, 3.8) is 0 Å². The maximum Gasteiger partial charge on any atom is 0.280 e. The highest BCUT2D eigenvalue weighted by atomic mass is 32.1. The average Bonchev–Trinajstić information content (AvgIpc) is 3.12. The molecule has 0 spiro atoms. The Hall–Kier alpha value is -2.48. The number of fused-ring (bicyclic) bond motifs is 1. The van der Waals surface area contributed by atoms with Crippen LogP contribution in [0.3, 0.4) is 0 Å². The summed E-state index contributed by atoms with van der Waals surface area (Å²) in [6.45, 7) is 3.38. The Kier molecular flexibility index (Phi) is 4.59. The van der Waals surface area contributed by atoms with Crippen molar-refractivity contribution in [1.82, 2.24) is 10.2 Å². The minimum atomic E-state index is -1.67. The van der Waals surface area contributed by atoms with E-state index in [0.717, 1.165) is 23.4 Å². The summed E-state index contributed by atoms with van der Waals surface area (Å²) >= 11 is 1.38. The number of ether oxygens (including phenoxy) is 1. The molecule has 2 heterocycles. The van der Waals surface area contributed by atoms with Gasteiger partial charge in [0.25, 0.3) is 17.4 Å². The van der Waals surface area contributed by atoms with Crippen LogP contribution in [0.4, 0.5) is 10.8 Å². The Bertz CT molecular complexity index is 891. The number of benzene rings is 1. The molecule has 1 saturated carbocycles. The van der Waals surface area contributed by atoms with Crippen molar-refractivity contribution in [3.8, 4) is 5.75 Å². The SMILES string of the molecule is Cc1ccc2c(c1)NC(=O)C(C)(C(=O)Nc1nnc(C3CCCCC3)s1)O2. The molecule has 4 rings (SSSR count). The first-order valence-corrected chi connectivity index (χ1v) is 10.0. The van der Waals surface area contributed by atoms with Crippen LogP contribution in [-0.2, 0) is 9.59 Å². The number of hydrogen-bond acceptors (Lipinski definition) is 6. The quantitative estimate of drug-likeness (QED) is 0.786. The number of nitrogens with zero attached hydrogens (tertiary/aromatic N) is 2. The number of anilines is 2. The van der Waals surface area contributed by atoms with Gasteiger partial charge in [-0.15, -0.1) is 10.2 Å². The maximum atomic E-state index is 12.8. The third-order valence-corrected chi connectivity index (χ3v) is 6.18. The van der Waals surface area contributed by atoms with Gasteiger partial charge in [0.2, 0.25) is 5.13 Å². The molecule has 2 aliphatic rings. The van der Waals surface area contributed by atoms with E-state index in [1.165, 1.54) is 37.5 Å². The topological polar surface area (TPSA) is 93.2 Å². The molecule has 27 heavy (non-hydrogen) atoms. The third kappa shape index (κ3) is 3.41. The molecular weight excluding hydrogens is 364 g/mol. The molecule has 1 aromatic carbocycles. The standard InChI is InChI=1S/C19H22N4O3S/c1-11-8-9-14-13(10-11)20-16(24)19(2,26-14)17(25)21-18-23-22-15(27-18)12-6-4-3-5-7-12/h8-10,12H,3-7H2,1-2H3,(H,20,24)(H,21,23,25). The number of hydrogen-bond donors (Lipinski definition) is 2. The fraction of sp³-hybridized carbons (Fsp3) is 0.474. The fourth-order valence-corrected chi connectivity index (χ4v) is 4.41. The van der Waals surface area contributed by atoms with Crippen molar-refractivity contribution in [1.29, 1.82) is 0 Å². The lowest BCUT2D eigenvalue weighted by Gasteiger charge is -2.33. The van der Waals surface area contributed by atoms with E-state index in [9.17, 15) is 9.59 Å². The lowest BCUT2D eigenvalue weighted by Crippen LogP contribution is -2.56. The number of carbonyl (C=O) groups is 2. The molecule has 2 amide bonds. The molecular formula is C19H22N4O3S. The summed E-state index contributed by atoms with van der Waals surface area (Å²) < 4.78 is 5.78. The number of nitrogens with one attached hydrogen (secondary N) is 2. The van der Waals surface area contributed by atoms with Crippen molar-refractivity contribution in [2.75, 3.05) is 10.6 Å². The summed E-state index contributed by atoms with van der Waals surface area (Å²) in [7, 11) is 0. The molecule has 0 bridgehead atoms. The summed E-state index contributed by atoms with van der Waals surface area (Å²) in [5.74, 6) is -0.174. The van der Waals surface area contributed by atoms with Crippen LogP contribution in [0, 0.1) is 6.92 Å². The summed E-state index contributed by atoms with van der Waals surface area (Å²) in [6.07, 6.45) is 5.91. The molecule has 2 N–H and O–H groups in total. The van der Waals surface area contributed by atoms with Crippen molar-refractivity contribution in [2.24, 2.45) is 0 Å². The monoisotopic (exact) mass is 386 g/mol. The van der Waals surface area contributed by atoms with Gasteiger partial charge in [-0.05, 0) is 44.4 Å². The van der Waals surface area contributed by atoms with Gasteiger partial charge in [-0.25, -0.2) is 0 Å². The Labute approximate surface area is 161 Å². The van der Waals surface area contributed by atoms with Gasteiger partial charge in [0, 0.05) is 5.92 Å². The van der Waals surface area contributed by atoms with Crippen molar-refractivity contribution in [3.05, 3.63) is 28.8 Å². The third-order valence-electron chi connectivity index (χ3n) is 5.18. The highest BCUT2D eigenvalue weighted by Crippen LogP contribution is 2.37. The number of amides is 2. The van der Waals surface area contributed by atoms with Crippen LogP contribution in [0.25, 0.3) is 0 Å². The summed E-state index contributed by atoms with van der Waals surface area (Å²) in [4.78, 5) is 25.3. The van der Waals surface area contributed by atoms with Gasteiger partial charge in [-0.2, -0.15) is 0 Å². The van der Waals surface area contributed by atoms with Gasteiger partial charge in [0.15, 0.2) is 0 Å². The number of rotatable bonds is 3. The molecule has 8 heteroatoms. The van der Waals surface area contributed by atoms with E-state index < -0.39 is 17.4 Å². The molecule has 1 unspecified atom stereocenters. The van der Waals surface area contributed by atoms with E-state index >= 15 is 0 Å². The fourth-order valence-electron chi connectivity index (χ4n) is 3.50. The molecule has 7 nitrogen and oxygen atoms in total. The molecule has 142 valence electrons. The molecule has 0 saturated heterocycles. The van der Waals surface area contributed by atoms with Crippen LogP contribution >= 0.6 is 11.3 Å². The molecule has 1 aromatic heterocycles. The molecule has 1 atom stereocenters. The molecule has 1 aliphatic heterocycles. The van der Waals surface area contributed by atoms with E-state index in [1.54, 1.807) is 6.07 Å². The Balaban J connectivity index is 1.50. The van der Waals surface area contributed by atoms with E-state index in [0.29, 0.717) is 22.5 Å². The van der Waals surface area contributed by atoms with Crippen LogP contribution in [0.2, 0.25) is 0 Å². The van der Waals surface area contributed by atoms with E-state index in [2.05, 4.69) is 20.8 Å². The second kappa shape index (κ2) is 6.92. The number of aromatic nitrogens is 2. The largest absolute Gasteiger partial charge is 0.466 e. The van der Waals surface area contributed by atoms with Gasteiger partial charge < -0.3 is 10.1 Å². The lowest BCUT2D eigenvalue weighted by molar-refractivity contribution is -0.143. The van der Waals surface area contributed by atoms with Crippen LogP contribution in [-0.4, -0.2) is 27.6 Å². The van der Waals surface area contributed by atoms with Crippen LogP contribution in [0.1, 0.15) is 55.5 Å². The van der Waals surface area contributed by atoms with Crippen molar-refractivity contribution < 1.29 is 14.3 Å². The van der Waals surface area contributed by atoms with Crippen molar-refractivity contribution in [2.45, 2.75) is 57.5 Å². The summed E-state index contributed by atoms with van der Waals surface area (Å²) in [5.41, 5.74) is -0.102. The summed E-state index contributed by atoms with van der Waals surface area (Å²) in [5, 5.41) is 15.1. The van der Waals surface area contributed by atoms with Gasteiger partial charge in [0.1, 0.15) is 10.8 Å². The van der Waals surface area contributed by atoms with Crippen LogP contribution < -0.4 is 15.4 Å². The van der Waals surface area contributed by atoms with E-state index in [-0.39, 0.29) is 0 Å². The van der Waals surface area contributed by atoms with Gasteiger partial charge >= 0.3 is 0 Å². The Morgan fingerprint density at radius 1 is 1.30 bits per heavy atom. The predicted molar refractivity (Wildman–Crippen MR) is 103 cm³/mol. The minimum Gasteiger partial charge on any atom is -0.466 e. The molecule has 0 radical (unpaired) electrons. The summed E-state index contributed by atoms with van der Waals surface area (Å²) in [6, 6.07) is 5.43. The van der Waals surface area contributed by atoms with Crippen LogP contribution in [0.5, 0.6) is 5.75 Å². The lowest BCUT2D eigenvalue weighted by atomic mass is 9.90. The Morgan fingerprint density at radius 3 is 2.85 bits per heavy atom.